The molecular formula is C16H22FN4O4P. The van der Waals surface area contributed by atoms with E-state index in [0.717, 1.165) is 4.90 Å². The standard InChI is InChI=1S/C16H22FN4O4P/c1-5-16(17,25-26(23)24)15(22)21(6-2)13-7-8-14(12(9-13)10-18)19-11-20(3)4/h7-9,11,26H,5-6H2,1-4H3,(H,23,24). The van der Waals surface area contributed by atoms with E-state index in [0.29, 0.717) is 5.69 Å². The highest BCUT2D eigenvalue weighted by molar-refractivity contribution is 7.32. The fraction of sp³-hybridized carbons (Fsp3) is 0.438. The van der Waals surface area contributed by atoms with Crippen molar-refractivity contribution in [2.45, 2.75) is 26.1 Å². The van der Waals surface area contributed by atoms with Crippen molar-refractivity contribution in [3.05, 3.63) is 23.8 Å². The van der Waals surface area contributed by atoms with Gasteiger partial charge < -0.3 is 14.7 Å². The van der Waals surface area contributed by atoms with Crippen molar-refractivity contribution in [2.75, 3.05) is 25.5 Å². The number of carbonyl (C=O) groups excluding carboxylic acids is 1. The highest BCUT2D eigenvalue weighted by atomic mass is 31.1. The molecule has 1 N–H and O–H groups in total. The molecule has 0 fully saturated rings. The van der Waals surface area contributed by atoms with Gasteiger partial charge in [0.05, 0.1) is 17.6 Å². The van der Waals surface area contributed by atoms with E-state index in [2.05, 4.69) is 9.52 Å². The summed E-state index contributed by atoms with van der Waals surface area (Å²) in [5, 5.41) is 9.32. The Labute approximate surface area is 152 Å². The molecule has 10 heteroatoms. The van der Waals surface area contributed by atoms with Gasteiger partial charge >= 0.3 is 8.25 Å². The van der Waals surface area contributed by atoms with Crippen LogP contribution in [0.15, 0.2) is 23.2 Å². The first-order valence-electron chi connectivity index (χ1n) is 7.86. The molecule has 8 nitrogen and oxygen atoms in total. The quantitative estimate of drug-likeness (QED) is 0.419. The number of likely N-dealkylation sites (N-methyl/N-ethyl adjacent to an activating group) is 1. The van der Waals surface area contributed by atoms with Crippen molar-refractivity contribution in [1.29, 1.82) is 5.26 Å². The number of anilines is 1. The molecule has 2 atom stereocenters. The number of benzene rings is 1. The van der Waals surface area contributed by atoms with Crippen LogP contribution in [0.4, 0.5) is 15.8 Å². The van der Waals surface area contributed by atoms with Crippen LogP contribution in [0.3, 0.4) is 0 Å². The molecule has 0 saturated heterocycles. The molecule has 1 amide bonds. The van der Waals surface area contributed by atoms with Gasteiger partial charge in [0.25, 0.3) is 11.8 Å². The lowest BCUT2D eigenvalue weighted by atomic mass is 10.1. The molecule has 2 unspecified atom stereocenters. The molecule has 0 aliphatic rings. The van der Waals surface area contributed by atoms with Gasteiger partial charge in [0.15, 0.2) is 0 Å². The third kappa shape index (κ3) is 5.36. The number of rotatable bonds is 8. The lowest BCUT2D eigenvalue weighted by molar-refractivity contribution is -0.152. The van der Waals surface area contributed by atoms with E-state index in [-0.39, 0.29) is 17.8 Å². The zero-order valence-corrected chi connectivity index (χ0v) is 16.1. The Balaban J connectivity index is 3.27. The Kier molecular flexibility index (Phi) is 7.90. The van der Waals surface area contributed by atoms with Crippen LogP contribution in [-0.2, 0) is 13.9 Å². The molecule has 0 aromatic heterocycles. The van der Waals surface area contributed by atoms with E-state index >= 15 is 0 Å². The fourth-order valence-corrected chi connectivity index (χ4v) is 2.63. The molecule has 142 valence electrons. The maximum atomic E-state index is 14.7. The highest BCUT2D eigenvalue weighted by Crippen LogP contribution is 2.34. The number of hydrogen-bond donors (Lipinski definition) is 1. The van der Waals surface area contributed by atoms with Crippen molar-refractivity contribution < 1.29 is 23.2 Å². The van der Waals surface area contributed by atoms with Crippen LogP contribution < -0.4 is 4.90 Å². The summed E-state index contributed by atoms with van der Waals surface area (Å²) >= 11 is 0. The minimum Gasteiger partial charge on any atom is -0.369 e. The summed E-state index contributed by atoms with van der Waals surface area (Å²) in [4.78, 5) is 28.3. The smallest absolute Gasteiger partial charge is 0.319 e. The van der Waals surface area contributed by atoms with E-state index < -0.39 is 26.4 Å². The minimum atomic E-state index is -3.65. The molecule has 26 heavy (non-hydrogen) atoms. The predicted octanol–water partition coefficient (Wildman–Crippen LogP) is 2.61. The van der Waals surface area contributed by atoms with Gasteiger partial charge in [0.1, 0.15) is 6.07 Å². The molecule has 0 saturated carbocycles. The number of halogens is 1. The average Bonchev–Trinajstić information content (AvgIpc) is 2.59. The first kappa shape index (κ1) is 21.8. The molecule has 0 bridgehead atoms. The topological polar surface area (TPSA) is 106 Å². The molecule has 1 aromatic carbocycles. The zero-order chi connectivity index (χ0) is 19.9. The van der Waals surface area contributed by atoms with Crippen LogP contribution in [0.2, 0.25) is 0 Å². The minimum absolute atomic E-state index is 0.0748. The van der Waals surface area contributed by atoms with Crippen molar-refractivity contribution in [2.24, 2.45) is 4.99 Å². The highest BCUT2D eigenvalue weighted by Gasteiger charge is 2.43. The number of carbonyl (C=O) groups is 1. The van der Waals surface area contributed by atoms with E-state index in [1.165, 1.54) is 31.5 Å². The summed E-state index contributed by atoms with van der Waals surface area (Å²) < 4.78 is 30.0. The van der Waals surface area contributed by atoms with Crippen molar-refractivity contribution >= 4 is 31.9 Å². The van der Waals surface area contributed by atoms with Gasteiger partial charge in [-0.25, -0.2) is 9.38 Å². The summed E-state index contributed by atoms with van der Waals surface area (Å²) in [6.45, 7) is 3.02. The molecule has 1 aromatic rings. The Morgan fingerprint density at radius 2 is 2.15 bits per heavy atom. The number of alkyl halides is 1. The lowest BCUT2D eigenvalue weighted by Gasteiger charge is -2.29. The molecule has 1 rings (SSSR count). The van der Waals surface area contributed by atoms with Crippen molar-refractivity contribution in [3.63, 3.8) is 0 Å². The summed E-state index contributed by atoms with van der Waals surface area (Å²) in [6.07, 6.45) is 1.09. The van der Waals surface area contributed by atoms with Crippen LogP contribution >= 0.6 is 8.25 Å². The first-order chi connectivity index (χ1) is 12.2. The second-order valence-electron chi connectivity index (χ2n) is 5.52. The Morgan fingerprint density at radius 1 is 1.50 bits per heavy atom. The number of hydrogen-bond acceptors (Lipinski definition) is 5. The normalized spacial score (nSPS) is 14.5. The van der Waals surface area contributed by atoms with Crippen molar-refractivity contribution in [1.82, 2.24) is 4.90 Å². The van der Waals surface area contributed by atoms with Gasteiger partial charge in [0.2, 0.25) is 0 Å². The third-order valence-electron chi connectivity index (χ3n) is 3.42. The molecule has 0 aliphatic carbocycles. The maximum absolute atomic E-state index is 14.7. The molecule has 0 radical (unpaired) electrons. The van der Waals surface area contributed by atoms with Crippen LogP contribution in [-0.4, -0.2) is 48.5 Å². The summed E-state index contributed by atoms with van der Waals surface area (Å²) in [5.41, 5.74) is 0.853. The Morgan fingerprint density at radius 3 is 2.62 bits per heavy atom. The van der Waals surface area contributed by atoms with Crippen LogP contribution in [0, 0.1) is 11.3 Å². The van der Waals surface area contributed by atoms with Gasteiger partial charge in [-0.1, -0.05) is 6.92 Å². The zero-order valence-electron chi connectivity index (χ0n) is 15.1. The second kappa shape index (κ2) is 9.43. The lowest BCUT2D eigenvalue weighted by Crippen LogP contribution is -2.47. The van der Waals surface area contributed by atoms with E-state index in [4.69, 9.17) is 4.89 Å². The van der Waals surface area contributed by atoms with E-state index in [9.17, 15) is 19.0 Å². The second-order valence-corrected chi connectivity index (χ2v) is 6.26. The van der Waals surface area contributed by atoms with Gasteiger partial charge in [-0.05, 0) is 25.1 Å². The Bertz CT molecular complexity index is 750. The maximum Gasteiger partial charge on any atom is 0.319 e. The summed E-state index contributed by atoms with van der Waals surface area (Å²) in [7, 11) is -0.0983. The third-order valence-corrected chi connectivity index (χ3v) is 3.92. The van der Waals surface area contributed by atoms with Crippen LogP contribution in [0.25, 0.3) is 0 Å². The number of nitriles is 1. The summed E-state index contributed by atoms with van der Waals surface area (Å²) in [6, 6.07) is 6.44. The Hall–Kier alpha value is -2.27. The first-order valence-corrected chi connectivity index (χ1v) is 9.12. The number of amides is 1. The van der Waals surface area contributed by atoms with Gasteiger partial charge in [-0.15, -0.1) is 0 Å². The molecule has 0 spiro atoms. The van der Waals surface area contributed by atoms with Gasteiger partial charge in [-0.3, -0.25) is 13.9 Å². The van der Waals surface area contributed by atoms with Gasteiger partial charge in [0, 0.05) is 32.7 Å². The van der Waals surface area contributed by atoms with Crippen LogP contribution in [0.1, 0.15) is 25.8 Å². The molecule has 0 heterocycles. The SMILES string of the molecule is CCN(C(=O)C(F)(CC)O[PH](=O)O)c1ccc(N=CN(C)C)c(C#N)c1. The summed E-state index contributed by atoms with van der Waals surface area (Å²) in [5.74, 6) is -4.03. The van der Waals surface area contributed by atoms with E-state index in [1.54, 1.807) is 25.9 Å². The number of aliphatic imine (C=N–C) groups is 1. The molecule has 0 aliphatic heterocycles. The molecular weight excluding hydrogens is 362 g/mol. The van der Waals surface area contributed by atoms with Crippen LogP contribution in [0.5, 0.6) is 0 Å². The predicted molar refractivity (Wildman–Crippen MR) is 97.5 cm³/mol. The number of nitrogens with zero attached hydrogens (tertiary/aromatic N) is 4. The monoisotopic (exact) mass is 384 g/mol. The van der Waals surface area contributed by atoms with Gasteiger partial charge in [-0.2, -0.15) is 5.26 Å². The van der Waals surface area contributed by atoms with Crippen molar-refractivity contribution in [3.8, 4) is 6.07 Å². The van der Waals surface area contributed by atoms with E-state index in [1.807, 2.05) is 6.07 Å². The fourth-order valence-electron chi connectivity index (χ4n) is 2.12. The average molecular weight is 384 g/mol. The largest absolute Gasteiger partial charge is 0.369 e.